The number of carbonyl (C=O) groups excluding carboxylic acids is 2. The third kappa shape index (κ3) is 4.84. The van der Waals surface area contributed by atoms with Gasteiger partial charge in [0.2, 0.25) is 5.91 Å². The van der Waals surface area contributed by atoms with Gasteiger partial charge in [0.25, 0.3) is 5.91 Å². The first-order valence-corrected chi connectivity index (χ1v) is 12.4. The third-order valence-corrected chi connectivity index (χ3v) is 7.74. The molecule has 2 aromatic carbocycles. The second-order valence-corrected chi connectivity index (χ2v) is 10.3. The summed E-state index contributed by atoms with van der Waals surface area (Å²) in [7, 11) is 0. The number of amides is 2. The summed E-state index contributed by atoms with van der Waals surface area (Å²) in [4.78, 5) is 30.3. The number of benzene rings is 2. The number of hydrogen-bond donors (Lipinski definition) is 1. The normalized spacial score (nSPS) is 23.4. The third-order valence-electron chi connectivity index (χ3n) is 7.74. The van der Waals surface area contributed by atoms with Gasteiger partial charge in [0.15, 0.2) is 0 Å². The first-order chi connectivity index (χ1) is 16.0. The Labute approximate surface area is 197 Å². The van der Waals surface area contributed by atoms with Gasteiger partial charge in [0, 0.05) is 44.2 Å². The molecule has 5 rings (SSSR count). The lowest BCUT2D eigenvalue weighted by atomic mass is 10.0. The summed E-state index contributed by atoms with van der Waals surface area (Å²) < 4.78 is 0. The molecule has 0 radical (unpaired) electrons. The maximum absolute atomic E-state index is 13.2. The molecule has 33 heavy (non-hydrogen) atoms. The summed E-state index contributed by atoms with van der Waals surface area (Å²) in [5, 5.41) is 3.30. The van der Waals surface area contributed by atoms with Crippen molar-refractivity contribution in [1.29, 1.82) is 0 Å². The van der Waals surface area contributed by atoms with E-state index >= 15 is 0 Å². The Hall–Kier alpha value is -2.66. The molecule has 174 valence electrons. The van der Waals surface area contributed by atoms with Gasteiger partial charge in [-0.05, 0) is 61.6 Å². The zero-order chi connectivity index (χ0) is 22.9. The highest BCUT2D eigenvalue weighted by Gasteiger charge is 2.42. The van der Waals surface area contributed by atoms with Gasteiger partial charge in [-0.15, -0.1) is 0 Å². The van der Waals surface area contributed by atoms with Crippen LogP contribution in [-0.2, 0) is 4.79 Å². The minimum Gasteiger partial charge on any atom is -0.349 e. The standard InChI is InChI=1S/C28H35N3O2/c1-19-7-6-8-20(2)26(19)28(33)31-17-23-15-30(16-24(23)18-31)14-13-25(21-9-4-3-5-10-21)29-27(32)22-11-12-22/h3-10,22-25H,11-18H2,1-2H3,(H,29,32)/t23?,24?,25-/m0/s1. The molecular formula is C28H35N3O2. The highest BCUT2D eigenvalue weighted by Crippen LogP contribution is 2.34. The number of carbonyl (C=O) groups is 2. The van der Waals surface area contributed by atoms with Crippen LogP contribution in [0.5, 0.6) is 0 Å². The minimum atomic E-state index is 0.0712. The van der Waals surface area contributed by atoms with Gasteiger partial charge in [-0.3, -0.25) is 9.59 Å². The first-order valence-electron chi connectivity index (χ1n) is 12.4. The number of likely N-dealkylation sites (tertiary alicyclic amines) is 2. The highest BCUT2D eigenvalue weighted by atomic mass is 16.2. The lowest BCUT2D eigenvalue weighted by Gasteiger charge is -2.25. The molecule has 0 aromatic heterocycles. The Kier molecular flexibility index (Phi) is 6.24. The Bertz CT molecular complexity index is 983. The van der Waals surface area contributed by atoms with Crippen molar-refractivity contribution >= 4 is 11.8 Å². The van der Waals surface area contributed by atoms with E-state index in [1.54, 1.807) is 0 Å². The van der Waals surface area contributed by atoms with Crippen LogP contribution >= 0.6 is 0 Å². The maximum Gasteiger partial charge on any atom is 0.254 e. The molecule has 2 aliphatic heterocycles. The molecule has 3 aliphatic rings. The van der Waals surface area contributed by atoms with Gasteiger partial charge >= 0.3 is 0 Å². The number of nitrogens with zero attached hydrogens (tertiary/aromatic N) is 2. The van der Waals surface area contributed by atoms with E-state index in [9.17, 15) is 9.59 Å². The Balaban J connectivity index is 1.17. The van der Waals surface area contributed by atoms with Gasteiger partial charge in [-0.2, -0.15) is 0 Å². The summed E-state index contributed by atoms with van der Waals surface area (Å²) >= 11 is 0. The topological polar surface area (TPSA) is 52.7 Å². The molecule has 3 fully saturated rings. The second-order valence-electron chi connectivity index (χ2n) is 10.3. The SMILES string of the molecule is Cc1cccc(C)c1C(=O)N1CC2CN(CC[C@H](NC(=O)C3CC3)c3ccccc3)CC2C1. The number of nitrogens with one attached hydrogen (secondary N) is 1. The molecule has 5 nitrogen and oxygen atoms in total. The highest BCUT2D eigenvalue weighted by molar-refractivity contribution is 5.97. The molecule has 2 unspecified atom stereocenters. The fourth-order valence-corrected chi connectivity index (χ4v) is 5.70. The van der Waals surface area contributed by atoms with E-state index in [0.29, 0.717) is 11.8 Å². The molecule has 2 heterocycles. The Morgan fingerprint density at radius 1 is 0.909 bits per heavy atom. The average Bonchev–Trinajstić information content (AvgIpc) is 3.48. The van der Waals surface area contributed by atoms with E-state index in [1.165, 1.54) is 5.56 Å². The average molecular weight is 446 g/mol. The van der Waals surface area contributed by atoms with Crippen LogP contribution in [0.2, 0.25) is 0 Å². The lowest BCUT2D eigenvalue weighted by molar-refractivity contribution is -0.123. The zero-order valence-electron chi connectivity index (χ0n) is 19.8. The number of aryl methyl sites for hydroxylation is 2. The lowest BCUT2D eigenvalue weighted by Crippen LogP contribution is -2.36. The minimum absolute atomic E-state index is 0.0712. The first kappa shape index (κ1) is 22.1. The van der Waals surface area contributed by atoms with Crippen LogP contribution in [0.25, 0.3) is 0 Å². The van der Waals surface area contributed by atoms with Gasteiger partial charge in [-0.1, -0.05) is 48.5 Å². The second kappa shape index (κ2) is 9.30. The van der Waals surface area contributed by atoms with E-state index in [2.05, 4.69) is 27.2 Å². The van der Waals surface area contributed by atoms with Crippen molar-refractivity contribution in [1.82, 2.24) is 15.1 Å². The number of rotatable bonds is 7. The zero-order valence-corrected chi connectivity index (χ0v) is 19.8. The monoisotopic (exact) mass is 445 g/mol. The quantitative estimate of drug-likeness (QED) is 0.702. The van der Waals surface area contributed by atoms with Crippen molar-refractivity contribution in [2.75, 3.05) is 32.7 Å². The molecule has 3 atom stereocenters. The summed E-state index contributed by atoms with van der Waals surface area (Å²) in [6.45, 7) is 8.83. The summed E-state index contributed by atoms with van der Waals surface area (Å²) in [6.07, 6.45) is 2.98. The van der Waals surface area contributed by atoms with E-state index < -0.39 is 0 Å². The van der Waals surface area contributed by atoms with E-state index in [1.807, 2.05) is 50.2 Å². The molecule has 1 saturated carbocycles. The maximum atomic E-state index is 13.2. The van der Waals surface area contributed by atoms with Crippen molar-refractivity contribution in [3.63, 3.8) is 0 Å². The van der Waals surface area contributed by atoms with Crippen LogP contribution in [0.4, 0.5) is 0 Å². The van der Waals surface area contributed by atoms with Crippen LogP contribution in [-0.4, -0.2) is 54.3 Å². The largest absolute Gasteiger partial charge is 0.349 e. The predicted octanol–water partition coefficient (Wildman–Crippen LogP) is 3.96. The van der Waals surface area contributed by atoms with Crippen LogP contribution in [0, 0.1) is 31.6 Å². The number of fused-ring (bicyclic) bond motifs is 1. The molecule has 2 saturated heterocycles. The van der Waals surface area contributed by atoms with E-state index in [4.69, 9.17) is 0 Å². The van der Waals surface area contributed by atoms with Crippen LogP contribution in [0.15, 0.2) is 48.5 Å². The molecule has 1 aliphatic carbocycles. The molecule has 1 N–H and O–H groups in total. The van der Waals surface area contributed by atoms with E-state index in [-0.39, 0.29) is 23.8 Å². The fourth-order valence-electron chi connectivity index (χ4n) is 5.70. The molecule has 2 amide bonds. The van der Waals surface area contributed by atoms with Crippen molar-refractivity contribution in [3.05, 3.63) is 70.8 Å². The van der Waals surface area contributed by atoms with Gasteiger partial charge in [-0.25, -0.2) is 0 Å². The van der Waals surface area contributed by atoms with Gasteiger partial charge in [0.05, 0.1) is 6.04 Å². The van der Waals surface area contributed by atoms with Crippen LogP contribution in [0.1, 0.15) is 52.4 Å². The molecule has 5 heteroatoms. The summed E-state index contributed by atoms with van der Waals surface area (Å²) in [6, 6.07) is 16.5. The number of hydrogen-bond acceptors (Lipinski definition) is 3. The smallest absolute Gasteiger partial charge is 0.254 e. The molecule has 0 spiro atoms. The molecule has 0 bridgehead atoms. The molecule has 2 aromatic rings. The van der Waals surface area contributed by atoms with Crippen molar-refractivity contribution in [2.45, 2.75) is 39.2 Å². The predicted molar refractivity (Wildman–Crippen MR) is 130 cm³/mol. The van der Waals surface area contributed by atoms with Crippen LogP contribution < -0.4 is 5.32 Å². The van der Waals surface area contributed by atoms with Crippen molar-refractivity contribution in [3.8, 4) is 0 Å². The Morgan fingerprint density at radius 3 is 2.15 bits per heavy atom. The fraction of sp³-hybridized carbons (Fsp3) is 0.500. The summed E-state index contributed by atoms with van der Waals surface area (Å²) in [5.41, 5.74) is 4.21. The van der Waals surface area contributed by atoms with E-state index in [0.717, 1.165) is 68.7 Å². The Morgan fingerprint density at radius 2 is 1.55 bits per heavy atom. The van der Waals surface area contributed by atoms with Crippen molar-refractivity contribution in [2.24, 2.45) is 17.8 Å². The molecular weight excluding hydrogens is 410 g/mol. The van der Waals surface area contributed by atoms with Gasteiger partial charge < -0.3 is 15.1 Å². The summed E-state index contributed by atoms with van der Waals surface area (Å²) in [5.74, 6) is 1.73. The van der Waals surface area contributed by atoms with Crippen LogP contribution in [0.3, 0.4) is 0 Å². The van der Waals surface area contributed by atoms with Crippen molar-refractivity contribution < 1.29 is 9.59 Å². The van der Waals surface area contributed by atoms with Gasteiger partial charge in [0.1, 0.15) is 0 Å².